The molecule has 84 heavy (non-hydrogen) atoms. The number of allylic oxidation sites excluding steroid dienone is 9. The van der Waals surface area contributed by atoms with E-state index in [0.717, 1.165) is 44.9 Å². The second kappa shape index (κ2) is 54.8. The molecule has 9 N–H and O–H groups in total. The third kappa shape index (κ3) is 38.9. The van der Waals surface area contributed by atoms with Crippen LogP contribution in [0.2, 0.25) is 0 Å². The van der Waals surface area contributed by atoms with Crippen LogP contribution in [0.5, 0.6) is 0 Å². The summed E-state index contributed by atoms with van der Waals surface area (Å²) in [5.74, 6) is -0.247. The van der Waals surface area contributed by atoms with Crippen molar-refractivity contribution in [2.75, 3.05) is 19.8 Å². The van der Waals surface area contributed by atoms with Crippen molar-refractivity contribution in [3.8, 4) is 0 Å². The lowest BCUT2D eigenvalue weighted by Gasteiger charge is -2.46. The molecule has 2 saturated heterocycles. The molecule has 14 heteroatoms. The van der Waals surface area contributed by atoms with E-state index in [-0.39, 0.29) is 18.9 Å². The highest BCUT2D eigenvalue weighted by molar-refractivity contribution is 5.76. The third-order valence-electron chi connectivity index (χ3n) is 16.7. The third-order valence-corrected chi connectivity index (χ3v) is 16.7. The summed E-state index contributed by atoms with van der Waals surface area (Å²) in [6, 6.07) is -0.931. The van der Waals surface area contributed by atoms with Crippen LogP contribution in [0.3, 0.4) is 0 Å². The molecule has 0 aliphatic carbocycles. The van der Waals surface area contributed by atoms with Crippen LogP contribution in [-0.4, -0.2) is 140 Å². The SMILES string of the molecule is CCCCCCC/C=C\C/C=C\C/C=C\CCCCCCCCCCCCCCCCCCCCCCCCC(=O)NC(COC1OC(CO)C(OC2OC(CO)C(O)C(O)C2O)C(O)C1O)C(O)/C=C/CC/C=C/CCCCCCCCC. The van der Waals surface area contributed by atoms with Crippen LogP contribution >= 0.6 is 0 Å². The number of aliphatic hydroxyl groups excluding tert-OH is 8. The van der Waals surface area contributed by atoms with E-state index in [2.05, 4.69) is 67.8 Å². The number of hydrogen-bond acceptors (Lipinski definition) is 13. The maximum Gasteiger partial charge on any atom is 0.220 e. The Hall–Kier alpha value is -2.31. The Morgan fingerprint density at radius 2 is 0.798 bits per heavy atom. The highest BCUT2D eigenvalue weighted by Gasteiger charge is 2.51. The first kappa shape index (κ1) is 77.8. The van der Waals surface area contributed by atoms with Crippen LogP contribution in [0.1, 0.15) is 284 Å². The number of nitrogens with one attached hydrogen (secondary N) is 1. The topological polar surface area (TPSA) is 228 Å². The zero-order valence-electron chi connectivity index (χ0n) is 53.1. The van der Waals surface area contributed by atoms with E-state index in [0.29, 0.717) is 12.8 Å². The van der Waals surface area contributed by atoms with Crippen LogP contribution in [0.15, 0.2) is 60.8 Å². The summed E-state index contributed by atoms with van der Waals surface area (Å²) in [6.45, 7) is 2.77. The molecule has 0 radical (unpaired) electrons. The number of carbonyl (C=O) groups is 1. The van der Waals surface area contributed by atoms with E-state index in [1.165, 1.54) is 205 Å². The summed E-state index contributed by atoms with van der Waals surface area (Å²) in [6.07, 6.45) is 55.9. The van der Waals surface area contributed by atoms with Crippen LogP contribution in [0.25, 0.3) is 0 Å². The zero-order chi connectivity index (χ0) is 60.9. The Morgan fingerprint density at radius 1 is 0.429 bits per heavy atom. The van der Waals surface area contributed by atoms with Crippen LogP contribution in [0.4, 0.5) is 0 Å². The maximum atomic E-state index is 13.3. The molecule has 14 nitrogen and oxygen atoms in total. The Morgan fingerprint density at radius 3 is 1.25 bits per heavy atom. The van der Waals surface area contributed by atoms with Gasteiger partial charge in [0, 0.05) is 6.42 Å². The second-order valence-electron chi connectivity index (χ2n) is 24.3. The molecule has 0 spiro atoms. The van der Waals surface area contributed by atoms with Gasteiger partial charge in [0.1, 0.15) is 48.8 Å². The average molecular weight is 1190 g/mol. The van der Waals surface area contributed by atoms with Gasteiger partial charge in [0.2, 0.25) is 5.91 Å². The summed E-state index contributed by atoms with van der Waals surface area (Å²) in [7, 11) is 0. The lowest BCUT2D eigenvalue weighted by molar-refractivity contribution is -0.359. The van der Waals surface area contributed by atoms with E-state index in [1.54, 1.807) is 6.08 Å². The average Bonchev–Trinajstić information content (AvgIpc) is 2.58. The number of hydrogen-bond donors (Lipinski definition) is 9. The molecule has 0 bridgehead atoms. The van der Waals surface area contributed by atoms with Gasteiger partial charge in [0.25, 0.3) is 0 Å². The van der Waals surface area contributed by atoms with Crippen LogP contribution in [0, 0.1) is 0 Å². The fraction of sp³-hybridized carbons (Fsp3) is 0.843. The summed E-state index contributed by atoms with van der Waals surface area (Å²) in [4.78, 5) is 13.3. The Labute approximate surface area is 511 Å². The molecule has 0 aromatic rings. The first-order chi connectivity index (χ1) is 41.1. The van der Waals surface area contributed by atoms with Gasteiger partial charge < -0.3 is 65.1 Å². The van der Waals surface area contributed by atoms with Gasteiger partial charge in [-0.05, 0) is 70.6 Å². The minimum atomic E-state index is -1.79. The number of aliphatic hydroxyl groups is 8. The van der Waals surface area contributed by atoms with Gasteiger partial charge >= 0.3 is 0 Å². The fourth-order valence-electron chi connectivity index (χ4n) is 11.1. The van der Waals surface area contributed by atoms with E-state index in [9.17, 15) is 45.6 Å². The van der Waals surface area contributed by atoms with Crippen molar-refractivity contribution in [2.45, 2.75) is 357 Å². The Kier molecular flexibility index (Phi) is 50.8. The summed E-state index contributed by atoms with van der Waals surface area (Å²) >= 11 is 0. The quantitative estimate of drug-likeness (QED) is 0.0204. The largest absolute Gasteiger partial charge is 0.394 e. The zero-order valence-corrected chi connectivity index (χ0v) is 53.1. The van der Waals surface area contributed by atoms with Gasteiger partial charge in [-0.1, -0.05) is 267 Å². The van der Waals surface area contributed by atoms with Crippen LogP contribution < -0.4 is 5.32 Å². The molecule has 0 aromatic carbocycles. The standard InChI is InChI=1S/C70H127NO13/c1-3-5-7-9-11-13-15-17-18-19-20-21-22-23-24-25-26-27-28-29-30-31-32-33-34-35-36-37-38-39-40-42-44-46-48-50-52-54-62(75)71-58(59(74)53-51-49-47-45-43-41-16-14-12-10-8-6-4-2)57-81-69-67(80)65(78)68(61(56-73)83-69)84-70-66(79)64(77)63(76)60(55-72)82-70/h15,17,19-20,22-23,43,45,51,53,58-61,63-70,72-74,76-80H,3-14,16,18,21,24-42,44,46-50,52,54-57H2,1-2H3,(H,71,75)/b17-15-,20-19-,23-22-,45-43+,53-51+. The van der Waals surface area contributed by atoms with Crippen molar-refractivity contribution in [3.05, 3.63) is 60.8 Å². The molecule has 2 rings (SSSR count). The summed E-state index contributed by atoms with van der Waals surface area (Å²) in [5.41, 5.74) is 0. The number of carbonyl (C=O) groups excluding carboxylic acids is 1. The first-order valence-electron chi connectivity index (χ1n) is 34.5. The van der Waals surface area contributed by atoms with E-state index in [4.69, 9.17) is 18.9 Å². The molecule has 1 amide bonds. The smallest absolute Gasteiger partial charge is 0.220 e. The lowest BCUT2D eigenvalue weighted by atomic mass is 9.97. The van der Waals surface area contributed by atoms with E-state index in [1.807, 2.05) is 6.08 Å². The molecular weight excluding hydrogens is 1060 g/mol. The molecule has 490 valence electrons. The van der Waals surface area contributed by atoms with Gasteiger partial charge in [-0.15, -0.1) is 0 Å². The molecule has 2 aliphatic rings. The van der Waals surface area contributed by atoms with E-state index >= 15 is 0 Å². The molecular formula is C70H127NO13. The number of ether oxygens (including phenoxy) is 4. The fourth-order valence-corrected chi connectivity index (χ4v) is 11.1. The number of unbranched alkanes of at least 4 members (excludes halogenated alkanes) is 35. The molecule has 0 aromatic heterocycles. The summed E-state index contributed by atoms with van der Waals surface area (Å²) in [5, 5.41) is 87.1. The highest BCUT2D eigenvalue weighted by atomic mass is 16.7. The predicted molar refractivity (Wildman–Crippen MR) is 341 cm³/mol. The molecule has 2 fully saturated rings. The highest BCUT2D eigenvalue weighted by Crippen LogP contribution is 2.30. The molecule has 0 saturated carbocycles. The van der Waals surface area contributed by atoms with Crippen LogP contribution in [-0.2, 0) is 23.7 Å². The Bertz CT molecular complexity index is 1640. The molecule has 2 aliphatic heterocycles. The number of rotatable bonds is 56. The van der Waals surface area contributed by atoms with Gasteiger partial charge in [-0.2, -0.15) is 0 Å². The van der Waals surface area contributed by atoms with Gasteiger partial charge in [-0.25, -0.2) is 0 Å². The minimum Gasteiger partial charge on any atom is -0.394 e. The minimum absolute atomic E-state index is 0.247. The Balaban J connectivity index is 1.58. The van der Waals surface area contributed by atoms with Crippen molar-refractivity contribution in [3.63, 3.8) is 0 Å². The van der Waals surface area contributed by atoms with Gasteiger partial charge in [0.05, 0.1) is 32.0 Å². The van der Waals surface area contributed by atoms with Gasteiger partial charge in [-0.3, -0.25) is 4.79 Å². The normalized spacial score (nSPS) is 24.0. The van der Waals surface area contributed by atoms with Gasteiger partial charge in [0.15, 0.2) is 12.6 Å². The van der Waals surface area contributed by atoms with Crippen molar-refractivity contribution in [1.29, 1.82) is 0 Å². The molecule has 12 atom stereocenters. The van der Waals surface area contributed by atoms with Crippen molar-refractivity contribution >= 4 is 5.91 Å². The number of amides is 1. The monoisotopic (exact) mass is 1190 g/mol. The van der Waals surface area contributed by atoms with Crippen molar-refractivity contribution < 1.29 is 64.6 Å². The van der Waals surface area contributed by atoms with E-state index < -0.39 is 86.8 Å². The summed E-state index contributed by atoms with van der Waals surface area (Å²) < 4.78 is 22.8. The predicted octanol–water partition coefficient (Wildman–Crippen LogP) is 13.7. The first-order valence-corrected chi connectivity index (χ1v) is 34.5. The lowest BCUT2D eigenvalue weighted by Crippen LogP contribution is -2.65. The molecule has 2 heterocycles. The second-order valence-corrected chi connectivity index (χ2v) is 24.3. The van der Waals surface area contributed by atoms with Crippen molar-refractivity contribution in [2.24, 2.45) is 0 Å². The maximum absolute atomic E-state index is 13.3. The van der Waals surface area contributed by atoms with Crippen molar-refractivity contribution in [1.82, 2.24) is 5.32 Å². The molecule has 12 unspecified atom stereocenters.